The van der Waals surface area contributed by atoms with E-state index in [2.05, 4.69) is 13.8 Å². The van der Waals surface area contributed by atoms with Crippen LogP contribution in [0, 0.1) is 23.7 Å². The minimum Gasteiger partial charge on any atom is -0.350 e. The van der Waals surface area contributed by atoms with E-state index in [1.54, 1.807) is 0 Å². The first-order chi connectivity index (χ1) is 7.49. The summed E-state index contributed by atoms with van der Waals surface area (Å²) in [5.41, 5.74) is 0. The first kappa shape index (κ1) is 12.1. The fourth-order valence-corrected chi connectivity index (χ4v) is 2.80. The van der Waals surface area contributed by atoms with Crippen LogP contribution >= 0.6 is 0 Å². The Balaban J connectivity index is 2.12. The van der Waals surface area contributed by atoms with Crippen LogP contribution in [0.4, 0.5) is 0 Å². The molecular weight excluding hydrogens is 204 g/mol. The van der Waals surface area contributed by atoms with E-state index in [9.17, 15) is 4.79 Å². The highest BCUT2D eigenvalue weighted by molar-refractivity contribution is 5.83. The zero-order valence-corrected chi connectivity index (χ0v) is 10.7. The molecule has 0 saturated carbocycles. The highest BCUT2D eigenvalue weighted by Gasteiger charge is 2.53. The van der Waals surface area contributed by atoms with Crippen LogP contribution in [0.5, 0.6) is 0 Å². The van der Waals surface area contributed by atoms with Gasteiger partial charge in [0.2, 0.25) is 0 Å². The van der Waals surface area contributed by atoms with E-state index in [0.29, 0.717) is 30.8 Å². The normalized spacial score (nSPS) is 44.4. The minimum atomic E-state index is -0.448. The van der Waals surface area contributed by atoms with Crippen LogP contribution in [0.3, 0.4) is 0 Å². The van der Waals surface area contributed by atoms with Gasteiger partial charge in [-0.2, -0.15) is 0 Å². The zero-order valence-electron chi connectivity index (χ0n) is 10.7. The van der Waals surface area contributed by atoms with Crippen molar-refractivity contribution in [1.29, 1.82) is 0 Å². The van der Waals surface area contributed by atoms with Gasteiger partial charge < -0.3 is 9.47 Å². The largest absolute Gasteiger partial charge is 0.350 e. The van der Waals surface area contributed by atoms with E-state index in [1.165, 1.54) is 0 Å². The highest BCUT2D eigenvalue weighted by atomic mass is 16.7. The number of fused-ring (bicyclic) bond motifs is 2. The fourth-order valence-electron chi connectivity index (χ4n) is 2.80. The summed E-state index contributed by atoms with van der Waals surface area (Å²) in [5, 5.41) is 0. The third-order valence-corrected chi connectivity index (χ3v) is 4.56. The van der Waals surface area contributed by atoms with Crippen molar-refractivity contribution in [3.63, 3.8) is 0 Å². The maximum atomic E-state index is 12.2. The van der Waals surface area contributed by atoms with Gasteiger partial charge >= 0.3 is 0 Å². The third kappa shape index (κ3) is 1.70. The maximum absolute atomic E-state index is 12.2. The summed E-state index contributed by atoms with van der Waals surface area (Å²) in [5.74, 6) is 0.759. The van der Waals surface area contributed by atoms with Gasteiger partial charge in [-0.15, -0.1) is 0 Å². The molecule has 0 aliphatic carbocycles. The number of ketones is 1. The van der Waals surface area contributed by atoms with Crippen molar-refractivity contribution in [2.45, 2.75) is 39.9 Å². The molecule has 2 rings (SSSR count). The summed E-state index contributed by atoms with van der Waals surface area (Å²) in [6, 6.07) is 0. The van der Waals surface area contributed by atoms with Crippen molar-refractivity contribution in [3.05, 3.63) is 0 Å². The van der Waals surface area contributed by atoms with Crippen molar-refractivity contribution in [3.8, 4) is 0 Å². The fraction of sp³-hybridized carbons (Fsp3) is 0.923. The Morgan fingerprint density at radius 2 is 2.06 bits per heavy atom. The Morgan fingerprint density at radius 3 is 2.69 bits per heavy atom. The van der Waals surface area contributed by atoms with Gasteiger partial charge in [0, 0.05) is 23.7 Å². The average Bonchev–Trinajstić information content (AvgIpc) is 2.49. The number of hydrogen-bond acceptors (Lipinski definition) is 3. The molecule has 0 aromatic rings. The van der Waals surface area contributed by atoms with Crippen molar-refractivity contribution in [1.82, 2.24) is 0 Å². The lowest BCUT2D eigenvalue weighted by molar-refractivity contribution is -0.231. The van der Waals surface area contributed by atoms with E-state index in [-0.39, 0.29) is 11.8 Å². The van der Waals surface area contributed by atoms with Crippen LogP contribution in [-0.2, 0) is 14.3 Å². The summed E-state index contributed by atoms with van der Waals surface area (Å²) in [7, 11) is 0. The molecular formula is C13H22O3. The molecule has 0 radical (unpaired) electrons. The summed E-state index contributed by atoms with van der Waals surface area (Å²) in [6.07, 6.45) is 0.911. The molecule has 5 atom stereocenters. The van der Waals surface area contributed by atoms with Crippen molar-refractivity contribution in [2.75, 3.05) is 13.2 Å². The molecule has 3 heteroatoms. The predicted molar refractivity (Wildman–Crippen MR) is 60.9 cm³/mol. The summed E-state index contributed by atoms with van der Waals surface area (Å²) in [4.78, 5) is 12.2. The van der Waals surface area contributed by atoms with Crippen LogP contribution in [0.1, 0.15) is 34.1 Å². The van der Waals surface area contributed by atoms with Gasteiger partial charge in [-0.3, -0.25) is 4.79 Å². The molecule has 92 valence electrons. The Bertz CT molecular complexity index is 289. The van der Waals surface area contributed by atoms with Gasteiger partial charge in [0.15, 0.2) is 5.79 Å². The molecule has 0 aromatic heterocycles. The molecule has 0 spiro atoms. The van der Waals surface area contributed by atoms with Gasteiger partial charge in [0.05, 0.1) is 13.2 Å². The van der Waals surface area contributed by atoms with Crippen LogP contribution in [0.15, 0.2) is 0 Å². The summed E-state index contributed by atoms with van der Waals surface area (Å²) in [6.45, 7) is 9.40. The van der Waals surface area contributed by atoms with Gasteiger partial charge in [0.1, 0.15) is 5.78 Å². The first-order valence-corrected chi connectivity index (χ1v) is 6.31. The Kier molecular flexibility index (Phi) is 3.10. The van der Waals surface area contributed by atoms with E-state index in [1.807, 2.05) is 13.8 Å². The molecule has 2 heterocycles. The van der Waals surface area contributed by atoms with Crippen LogP contribution in [0.25, 0.3) is 0 Å². The number of carbonyl (C=O) groups excluding carboxylic acids is 1. The van der Waals surface area contributed by atoms with Gasteiger partial charge in [-0.25, -0.2) is 0 Å². The lowest BCUT2D eigenvalue weighted by Crippen LogP contribution is -2.46. The second-order valence-corrected chi connectivity index (χ2v) is 5.41. The first-order valence-electron chi connectivity index (χ1n) is 6.31. The minimum absolute atomic E-state index is 0.0422. The van der Waals surface area contributed by atoms with E-state index in [0.717, 1.165) is 6.42 Å². The molecule has 0 N–H and O–H groups in total. The Labute approximate surface area is 97.5 Å². The van der Waals surface area contributed by atoms with Crippen LogP contribution in [0.2, 0.25) is 0 Å². The van der Waals surface area contributed by atoms with Gasteiger partial charge in [-0.05, 0) is 13.3 Å². The molecule has 2 aliphatic heterocycles. The monoisotopic (exact) mass is 226 g/mol. The molecule has 16 heavy (non-hydrogen) atoms. The zero-order chi connectivity index (χ0) is 11.9. The highest BCUT2D eigenvalue weighted by Crippen LogP contribution is 2.46. The molecule has 4 unspecified atom stereocenters. The number of Topliss-reactive ketones (excluding diaryl/α,β-unsaturated/α-hetero) is 1. The van der Waals surface area contributed by atoms with Crippen LogP contribution in [-0.4, -0.2) is 24.8 Å². The molecule has 2 fully saturated rings. The number of hydrogen-bond donors (Lipinski definition) is 0. The molecule has 0 aromatic carbocycles. The summed E-state index contributed by atoms with van der Waals surface area (Å²) < 4.78 is 11.4. The topological polar surface area (TPSA) is 35.5 Å². The van der Waals surface area contributed by atoms with Crippen molar-refractivity contribution >= 4 is 5.78 Å². The Hall–Kier alpha value is -0.410. The number of ether oxygens (including phenoxy) is 2. The smallest absolute Gasteiger partial charge is 0.168 e. The van der Waals surface area contributed by atoms with E-state index < -0.39 is 5.79 Å². The second kappa shape index (κ2) is 4.11. The predicted octanol–water partition coefficient (Wildman–Crippen LogP) is 2.25. The quantitative estimate of drug-likeness (QED) is 0.740. The molecule has 2 saturated heterocycles. The third-order valence-electron chi connectivity index (χ3n) is 4.56. The molecule has 3 nitrogen and oxygen atoms in total. The second-order valence-electron chi connectivity index (χ2n) is 5.41. The maximum Gasteiger partial charge on any atom is 0.168 e. The summed E-state index contributed by atoms with van der Waals surface area (Å²) >= 11 is 0. The molecule has 2 bridgehead atoms. The number of carbonyl (C=O) groups is 1. The van der Waals surface area contributed by atoms with E-state index >= 15 is 0 Å². The van der Waals surface area contributed by atoms with Gasteiger partial charge in [-0.1, -0.05) is 20.8 Å². The lowest BCUT2D eigenvalue weighted by atomic mass is 9.75. The standard InChI is InChI=1S/C13H22O3/c1-5-8(2)12(14)11-7-16-13(4)9(3)10(11)6-15-13/h8-11H,5-7H2,1-4H3/t8?,9?,10?,11-,13?/m0/s1. The molecule has 2 aliphatic rings. The number of rotatable bonds is 3. The van der Waals surface area contributed by atoms with E-state index in [4.69, 9.17) is 9.47 Å². The average molecular weight is 226 g/mol. The lowest BCUT2D eigenvalue weighted by Gasteiger charge is -2.38. The van der Waals surface area contributed by atoms with Crippen LogP contribution < -0.4 is 0 Å². The van der Waals surface area contributed by atoms with Gasteiger partial charge in [0.25, 0.3) is 0 Å². The molecule has 0 amide bonds. The van der Waals surface area contributed by atoms with Crippen molar-refractivity contribution in [2.24, 2.45) is 23.7 Å². The van der Waals surface area contributed by atoms with Crippen molar-refractivity contribution < 1.29 is 14.3 Å². The Morgan fingerprint density at radius 1 is 1.44 bits per heavy atom. The SMILES string of the molecule is CCC(C)C(=O)[C@H]1COC2(C)OCC1C2C.